The van der Waals surface area contributed by atoms with Crippen LogP contribution in [0.3, 0.4) is 0 Å². The zero-order valence-electron chi connectivity index (χ0n) is 10.3. The third kappa shape index (κ3) is 3.16. The molecule has 2 rings (SSSR count). The van der Waals surface area contributed by atoms with Gasteiger partial charge in [0.15, 0.2) is 5.82 Å². The first kappa shape index (κ1) is 13.2. The normalized spacial score (nSPS) is 9.95. The van der Waals surface area contributed by atoms with Gasteiger partial charge in [-0.05, 0) is 30.0 Å². The lowest BCUT2D eigenvalue weighted by Gasteiger charge is -2.06. The Morgan fingerprint density at radius 3 is 2.89 bits per heavy atom. The first-order chi connectivity index (χ1) is 9.10. The van der Waals surface area contributed by atoms with Gasteiger partial charge in [0.1, 0.15) is 0 Å². The molecule has 0 spiro atoms. The Morgan fingerprint density at radius 2 is 2.21 bits per heavy atom. The topological polar surface area (TPSA) is 66.2 Å². The zero-order chi connectivity index (χ0) is 13.8. The van der Waals surface area contributed by atoms with E-state index in [-0.39, 0.29) is 0 Å². The summed E-state index contributed by atoms with van der Waals surface area (Å²) in [6.45, 7) is 5.67. The Hall–Kier alpha value is -2.23. The van der Waals surface area contributed by atoms with Crippen LogP contribution in [0, 0.1) is 5.41 Å². The molecular formula is C14H11N3OS. The Bertz CT molecular complexity index is 718. The van der Waals surface area contributed by atoms with E-state index in [0.29, 0.717) is 10.9 Å². The molecule has 0 unspecified atom stereocenters. The number of carbonyl (C=O) groups excluding carboxylic acids is 1. The minimum atomic E-state index is 0.334. The number of nitrogens with zero attached hydrogens (tertiary/aromatic N) is 2. The molecule has 94 valence electrons. The molecular weight excluding hydrogens is 258 g/mol. The van der Waals surface area contributed by atoms with Crippen LogP contribution in [0.5, 0.6) is 0 Å². The standard InChI is InChI=1S/C14H11N3OS/c1-9(19-10(2)15)11-3-4-12-7-16-14(17-8-18)6-13(12)5-11/h3-7,15H,1H2,2H3. The highest BCUT2D eigenvalue weighted by molar-refractivity contribution is 8.21. The first-order valence-corrected chi connectivity index (χ1v) is 6.32. The smallest absolute Gasteiger partial charge is 0.242 e. The van der Waals surface area contributed by atoms with Crippen LogP contribution >= 0.6 is 11.8 Å². The molecule has 0 radical (unpaired) electrons. The molecule has 0 fully saturated rings. The summed E-state index contributed by atoms with van der Waals surface area (Å²) in [6.07, 6.45) is 3.13. The zero-order valence-corrected chi connectivity index (χ0v) is 11.1. The predicted octanol–water partition coefficient (Wildman–Crippen LogP) is 3.90. The van der Waals surface area contributed by atoms with Gasteiger partial charge in [0, 0.05) is 16.5 Å². The highest BCUT2D eigenvalue weighted by atomic mass is 32.2. The third-order valence-corrected chi connectivity index (χ3v) is 3.25. The third-order valence-electron chi connectivity index (χ3n) is 2.47. The van der Waals surface area contributed by atoms with Crippen molar-refractivity contribution in [3.63, 3.8) is 0 Å². The van der Waals surface area contributed by atoms with Crippen molar-refractivity contribution < 1.29 is 4.79 Å². The number of fused-ring (bicyclic) bond motifs is 1. The molecule has 0 atom stereocenters. The summed E-state index contributed by atoms with van der Waals surface area (Å²) in [4.78, 5) is 18.6. The van der Waals surface area contributed by atoms with Gasteiger partial charge in [0.25, 0.3) is 0 Å². The molecule has 0 bridgehead atoms. The van der Waals surface area contributed by atoms with Gasteiger partial charge in [-0.15, -0.1) is 4.99 Å². The number of hydrogen-bond donors (Lipinski definition) is 1. The Kier molecular flexibility index (Phi) is 3.90. The van der Waals surface area contributed by atoms with E-state index in [2.05, 4.69) is 16.6 Å². The van der Waals surface area contributed by atoms with Crippen LogP contribution in [0.15, 0.2) is 42.0 Å². The number of hydrogen-bond acceptors (Lipinski definition) is 5. The highest BCUT2D eigenvalue weighted by Crippen LogP contribution is 2.29. The number of aliphatic imine (C=N–C) groups is 1. The fourth-order valence-electron chi connectivity index (χ4n) is 1.65. The number of isocyanates is 1. The van der Waals surface area contributed by atoms with Crippen molar-refractivity contribution in [2.75, 3.05) is 0 Å². The van der Waals surface area contributed by atoms with Crippen LogP contribution < -0.4 is 0 Å². The van der Waals surface area contributed by atoms with Crippen molar-refractivity contribution in [2.45, 2.75) is 6.92 Å². The maximum absolute atomic E-state index is 10.2. The minimum absolute atomic E-state index is 0.334. The highest BCUT2D eigenvalue weighted by Gasteiger charge is 2.04. The molecule has 0 amide bonds. The Labute approximate surface area is 114 Å². The van der Waals surface area contributed by atoms with Crippen LogP contribution in [-0.4, -0.2) is 16.1 Å². The molecule has 4 nitrogen and oxygen atoms in total. The predicted molar refractivity (Wildman–Crippen MR) is 79.6 cm³/mol. The summed E-state index contributed by atoms with van der Waals surface area (Å²) in [5.74, 6) is 0.334. The van der Waals surface area contributed by atoms with Crippen LogP contribution in [0.4, 0.5) is 5.82 Å². The lowest BCUT2D eigenvalue weighted by molar-refractivity contribution is 0.565. The first-order valence-electron chi connectivity index (χ1n) is 5.50. The van der Waals surface area contributed by atoms with Gasteiger partial charge in [-0.25, -0.2) is 9.78 Å². The molecule has 0 saturated carbocycles. The Morgan fingerprint density at radius 1 is 1.42 bits per heavy atom. The number of pyridine rings is 1. The van der Waals surface area contributed by atoms with Crippen molar-refractivity contribution in [2.24, 2.45) is 4.99 Å². The maximum Gasteiger partial charge on any atom is 0.242 e. The van der Waals surface area contributed by atoms with Crippen molar-refractivity contribution in [3.05, 3.63) is 42.6 Å². The van der Waals surface area contributed by atoms with Crippen LogP contribution in [0.2, 0.25) is 0 Å². The SMILES string of the molecule is C=C(SC(C)=N)c1ccc2cnc(N=C=O)cc2c1. The van der Waals surface area contributed by atoms with E-state index in [1.165, 1.54) is 17.8 Å². The average Bonchev–Trinajstić information content (AvgIpc) is 2.37. The summed E-state index contributed by atoms with van der Waals surface area (Å²) >= 11 is 1.32. The second-order valence-corrected chi connectivity index (χ2v) is 5.20. The molecule has 1 aromatic heterocycles. The molecule has 1 heterocycles. The van der Waals surface area contributed by atoms with Crippen molar-refractivity contribution in [1.82, 2.24) is 4.98 Å². The quantitative estimate of drug-likeness (QED) is 0.522. The van der Waals surface area contributed by atoms with Gasteiger partial charge in [-0.1, -0.05) is 30.5 Å². The van der Waals surface area contributed by atoms with Crippen LogP contribution in [0.25, 0.3) is 15.7 Å². The van der Waals surface area contributed by atoms with Gasteiger partial charge in [-0.3, -0.25) is 5.41 Å². The number of nitrogens with one attached hydrogen (secondary N) is 1. The molecule has 5 heteroatoms. The van der Waals surface area contributed by atoms with Crippen LogP contribution in [0.1, 0.15) is 12.5 Å². The summed E-state index contributed by atoms with van der Waals surface area (Å²) in [6, 6.07) is 7.53. The van der Waals surface area contributed by atoms with Gasteiger partial charge in [0.2, 0.25) is 6.08 Å². The number of benzene rings is 1. The van der Waals surface area contributed by atoms with Gasteiger partial charge < -0.3 is 0 Å². The molecule has 19 heavy (non-hydrogen) atoms. The van der Waals surface area contributed by atoms with Crippen molar-refractivity contribution >= 4 is 44.4 Å². The lowest BCUT2D eigenvalue weighted by atomic mass is 10.1. The number of aromatic nitrogens is 1. The summed E-state index contributed by atoms with van der Waals surface area (Å²) in [5, 5.41) is 9.83. The van der Waals surface area contributed by atoms with Gasteiger partial charge in [-0.2, -0.15) is 0 Å². The second-order valence-electron chi connectivity index (χ2n) is 3.89. The Balaban J connectivity index is 2.45. The summed E-state index contributed by atoms with van der Waals surface area (Å²) in [7, 11) is 0. The van der Waals surface area contributed by atoms with Crippen molar-refractivity contribution in [3.8, 4) is 0 Å². The monoisotopic (exact) mass is 269 g/mol. The van der Waals surface area contributed by atoms with E-state index < -0.39 is 0 Å². The van der Waals surface area contributed by atoms with E-state index in [1.807, 2.05) is 18.2 Å². The average molecular weight is 269 g/mol. The van der Waals surface area contributed by atoms with Crippen LogP contribution in [-0.2, 0) is 4.79 Å². The molecule has 0 aliphatic carbocycles. The van der Waals surface area contributed by atoms with Gasteiger partial charge >= 0.3 is 0 Å². The minimum Gasteiger partial charge on any atom is -0.298 e. The largest absolute Gasteiger partial charge is 0.298 e. The van der Waals surface area contributed by atoms with E-state index in [4.69, 9.17) is 5.41 Å². The molecule has 0 saturated heterocycles. The molecule has 1 N–H and O–H groups in total. The molecule has 2 aromatic rings. The maximum atomic E-state index is 10.2. The van der Waals surface area contributed by atoms with Crippen molar-refractivity contribution in [1.29, 1.82) is 5.41 Å². The molecule has 0 aliphatic rings. The second kappa shape index (κ2) is 5.61. The van der Waals surface area contributed by atoms with E-state index in [1.54, 1.807) is 19.2 Å². The summed E-state index contributed by atoms with van der Waals surface area (Å²) < 4.78 is 0. The number of thioether (sulfide) groups is 1. The number of rotatable bonds is 3. The molecule has 1 aromatic carbocycles. The van der Waals surface area contributed by atoms with E-state index in [9.17, 15) is 4.79 Å². The summed E-state index contributed by atoms with van der Waals surface area (Å²) in [5.41, 5.74) is 0.941. The lowest BCUT2D eigenvalue weighted by Crippen LogP contribution is -1.85. The van der Waals surface area contributed by atoms with E-state index in [0.717, 1.165) is 21.2 Å². The fourth-order valence-corrected chi connectivity index (χ4v) is 2.27. The van der Waals surface area contributed by atoms with E-state index >= 15 is 0 Å². The van der Waals surface area contributed by atoms with Gasteiger partial charge in [0.05, 0.1) is 5.04 Å². The fraction of sp³-hybridized carbons (Fsp3) is 0.0714. The molecule has 0 aliphatic heterocycles.